The minimum absolute atomic E-state index is 0.0246. The van der Waals surface area contributed by atoms with Crippen LogP contribution in [0.15, 0.2) is 48.7 Å². The molecule has 4 rings (SSSR count). The van der Waals surface area contributed by atoms with E-state index in [1.54, 1.807) is 16.9 Å². The first-order valence-corrected chi connectivity index (χ1v) is 10.7. The molecule has 2 aromatic heterocycles. The summed E-state index contributed by atoms with van der Waals surface area (Å²) in [5.41, 5.74) is 3.43. The average Bonchev–Trinajstić information content (AvgIpc) is 3.13. The zero-order valence-electron chi connectivity index (χ0n) is 17.7. The highest BCUT2D eigenvalue weighted by atomic mass is 35.5. The summed E-state index contributed by atoms with van der Waals surface area (Å²) in [6.07, 6.45) is 1.58. The minimum Gasteiger partial charge on any atom is -0.379 e. The molecule has 8 heteroatoms. The number of aromatic nitrogens is 3. The Morgan fingerprint density at radius 1 is 1.19 bits per heavy atom. The number of aryl methyl sites for hydroxylation is 2. The molecular weight excluding hydrogens is 414 g/mol. The molecule has 3 aromatic rings. The molecule has 3 heterocycles. The van der Waals surface area contributed by atoms with Crippen molar-refractivity contribution in [1.29, 1.82) is 0 Å². The Hall–Kier alpha value is -2.74. The maximum atomic E-state index is 12.8. The van der Waals surface area contributed by atoms with Gasteiger partial charge in [0.05, 0.1) is 30.5 Å². The number of morpholine rings is 1. The molecule has 1 aliphatic heterocycles. The summed E-state index contributed by atoms with van der Waals surface area (Å²) in [5.74, 6) is 0.516. The van der Waals surface area contributed by atoms with Crippen LogP contribution in [0.3, 0.4) is 0 Å². The molecule has 31 heavy (non-hydrogen) atoms. The van der Waals surface area contributed by atoms with Crippen LogP contribution in [0, 0.1) is 13.8 Å². The SMILES string of the molecule is Cc1cc(C)n(-c2ccc(C(=O)NCC(c3ccccc3Cl)N3CCOCC3)cn2)n1. The maximum absolute atomic E-state index is 12.8. The molecule has 1 aromatic carbocycles. The van der Waals surface area contributed by atoms with E-state index in [4.69, 9.17) is 16.3 Å². The third-order valence-corrected chi connectivity index (χ3v) is 5.79. The fourth-order valence-electron chi connectivity index (χ4n) is 3.87. The van der Waals surface area contributed by atoms with Crippen molar-refractivity contribution >= 4 is 17.5 Å². The Balaban J connectivity index is 1.47. The molecule has 1 saturated heterocycles. The van der Waals surface area contributed by atoms with Crippen LogP contribution >= 0.6 is 11.6 Å². The van der Waals surface area contributed by atoms with E-state index in [1.807, 2.05) is 50.2 Å². The number of carbonyl (C=O) groups excluding carboxylic acids is 1. The molecule has 0 aliphatic carbocycles. The van der Waals surface area contributed by atoms with E-state index in [0.29, 0.717) is 36.2 Å². The molecule has 162 valence electrons. The molecule has 1 N–H and O–H groups in total. The molecule has 1 atom stereocenters. The number of amides is 1. The molecule has 1 fully saturated rings. The zero-order chi connectivity index (χ0) is 21.8. The lowest BCUT2D eigenvalue weighted by molar-refractivity contribution is 0.0162. The molecule has 1 aliphatic rings. The summed E-state index contributed by atoms with van der Waals surface area (Å²) in [7, 11) is 0. The van der Waals surface area contributed by atoms with E-state index in [-0.39, 0.29) is 11.9 Å². The monoisotopic (exact) mass is 439 g/mol. The van der Waals surface area contributed by atoms with Gasteiger partial charge in [0.25, 0.3) is 5.91 Å². The highest BCUT2D eigenvalue weighted by Gasteiger charge is 2.25. The molecule has 1 unspecified atom stereocenters. The van der Waals surface area contributed by atoms with Crippen LogP contribution in [0.1, 0.15) is 33.4 Å². The van der Waals surface area contributed by atoms with Crippen molar-refractivity contribution in [3.05, 3.63) is 76.2 Å². The third kappa shape index (κ3) is 4.95. The van der Waals surface area contributed by atoms with Gasteiger partial charge in [-0.2, -0.15) is 5.10 Å². The lowest BCUT2D eigenvalue weighted by Gasteiger charge is -2.35. The number of pyridine rings is 1. The zero-order valence-corrected chi connectivity index (χ0v) is 18.5. The second-order valence-electron chi connectivity index (χ2n) is 7.64. The first-order valence-electron chi connectivity index (χ1n) is 10.4. The van der Waals surface area contributed by atoms with E-state index in [0.717, 1.165) is 30.0 Å². The van der Waals surface area contributed by atoms with Gasteiger partial charge < -0.3 is 10.1 Å². The van der Waals surface area contributed by atoms with Gasteiger partial charge in [-0.15, -0.1) is 0 Å². The summed E-state index contributed by atoms with van der Waals surface area (Å²) >= 11 is 6.47. The number of nitrogens with one attached hydrogen (secondary N) is 1. The number of nitrogens with zero attached hydrogens (tertiary/aromatic N) is 4. The fourth-order valence-corrected chi connectivity index (χ4v) is 4.13. The summed E-state index contributed by atoms with van der Waals surface area (Å²) < 4.78 is 7.26. The summed E-state index contributed by atoms with van der Waals surface area (Å²) in [6.45, 7) is 7.30. The number of ether oxygens (including phenoxy) is 1. The van der Waals surface area contributed by atoms with E-state index >= 15 is 0 Å². The van der Waals surface area contributed by atoms with Gasteiger partial charge in [0, 0.05) is 36.5 Å². The van der Waals surface area contributed by atoms with Gasteiger partial charge in [-0.1, -0.05) is 29.8 Å². The number of hydrogen-bond acceptors (Lipinski definition) is 5. The van der Waals surface area contributed by atoms with Crippen LogP contribution in [0.4, 0.5) is 0 Å². The molecule has 7 nitrogen and oxygen atoms in total. The van der Waals surface area contributed by atoms with Crippen LogP contribution in [0.5, 0.6) is 0 Å². The van der Waals surface area contributed by atoms with Crippen LogP contribution < -0.4 is 5.32 Å². The third-order valence-electron chi connectivity index (χ3n) is 5.44. The maximum Gasteiger partial charge on any atom is 0.252 e. The van der Waals surface area contributed by atoms with Gasteiger partial charge >= 0.3 is 0 Å². The number of carbonyl (C=O) groups is 1. The number of hydrogen-bond donors (Lipinski definition) is 1. The van der Waals surface area contributed by atoms with E-state index in [1.165, 1.54) is 0 Å². The van der Waals surface area contributed by atoms with Gasteiger partial charge in [-0.05, 0) is 43.7 Å². The second kappa shape index (κ2) is 9.60. The predicted octanol–water partition coefficient (Wildman–Crippen LogP) is 3.34. The highest BCUT2D eigenvalue weighted by Crippen LogP contribution is 2.27. The Morgan fingerprint density at radius 3 is 2.61 bits per heavy atom. The van der Waals surface area contributed by atoms with Crippen LogP contribution in [-0.2, 0) is 4.74 Å². The van der Waals surface area contributed by atoms with Crippen LogP contribution in [0.2, 0.25) is 5.02 Å². The van der Waals surface area contributed by atoms with Crippen molar-refractivity contribution in [1.82, 2.24) is 25.0 Å². The van der Waals surface area contributed by atoms with Crippen molar-refractivity contribution in [2.45, 2.75) is 19.9 Å². The molecule has 1 amide bonds. The van der Waals surface area contributed by atoms with Gasteiger partial charge in [-0.3, -0.25) is 9.69 Å². The lowest BCUT2D eigenvalue weighted by Crippen LogP contribution is -2.44. The first kappa shape index (κ1) is 21.5. The van der Waals surface area contributed by atoms with E-state index in [2.05, 4.69) is 20.3 Å². The van der Waals surface area contributed by atoms with Crippen molar-refractivity contribution < 1.29 is 9.53 Å². The van der Waals surface area contributed by atoms with Crippen molar-refractivity contribution in [3.8, 4) is 5.82 Å². The van der Waals surface area contributed by atoms with Crippen molar-refractivity contribution in [2.75, 3.05) is 32.8 Å². The summed E-state index contributed by atoms with van der Waals surface area (Å²) in [5, 5.41) is 8.19. The lowest BCUT2D eigenvalue weighted by atomic mass is 10.0. The Morgan fingerprint density at radius 2 is 1.97 bits per heavy atom. The van der Waals surface area contributed by atoms with E-state index in [9.17, 15) is 4.79 Å². The molecule has 0 bridgehead atoms. The van der Waals surface area contributed by atoms with Crippen molar-refractivity contribution in [3.63, 3.8) is 0 Å². The molecular formula is C23H26ClN5O2. The Labute approximate surface area is 187 Å². The molecule has 0 spiro atoms. The number of rotatable bonds is 6. The van der Waals surface area contributed by atoms with Crippen LogP contribution in [-0.4, -0.2) is 58.4 Å². The van der Waals surface area contributed by atoms with Crippen molar-refractivity contribution in [2.24, 2.45) is 0 Å². The average molecular weight is 440 g/mol. The topological polar surface area (TPSA) is 72.3 Å². The predicted molar refractivity (Wildman–Crippen MR) is 120 cm³/mol. The summed E-state index contributed by atoms with van der Waals surface area (Å²) in [4.78, 5) is 19.5. The van der Waals surface area contributed by atoms with Gasteiger partial charge in [-0.25, -0.2) is 9.67 Å². The second-order valence-corrected chi connectivity index (χ2v) is 8.05. The highest BCUT2D eigenvalue weighted by molar-refractivity contribution is 6.31. The quantitative estimate of drug-likeness (QED) is 0.637. The van der Waals surface area contributed by atoms with Gasteiger partial charge in [0.15, 0.2) is 5.82 Å². The Kier molecular flexibility index (Phi) is 6.65. The Bertz CT molecular complexity index is 1040. The standard InChI is InChI=1S/C23H26ClN5O2/c1-16-13-17(2)29(27-16)22-8-7-18(14-25-22)23(30)26-15-21(28-9-11-31-12-10-28)19-5-3-4-6-20(19)24/h3-8,13-14,21H,9-12,15H2,1-2H3,(H,26,30). The largest absolute Gasteiger partial charge is 0.379 e. The normalized spacial score (nSPS) is 15.6. The molecule has 0 radical (unpaired) electrons. The van der Waals surface area contributed by atoms with Gasteiger partial charge in [0.1, 0.15) is 0 Å². The van der Waals surface area contributed by atoms with Crippen LogP contribution in [0.25, 0.3) is 5.82 Å². The van der Waals surface area contributed by atoms with Gasteiger partial charge in [0.2, 0.25) is 0 Å². The van der Waals surface area contributed by atoms with E-state index < -0.39 is 0 Å². The fraction of sp³-hybridized carbons (Fsp3) is 0.348. The minimum atomic E-state index is -0.169. The smallest absolute Gasteiger partial charge is 0.252 e. The first-order chi connectivity index (χ1) is 15.0. The molecule has 0 saturated carbocycles. The number of benzene rings is 1. The number of halogens is 1. The summed E-state index contributed by atoms with van der Waals surface area (Å²) in [6, 6.07) is 13.3.